The largest absolute Gasteiger partial charge is 0.381 e. The number of aromatic nitrogens is 1. The van der Waals surface area contributed by atoms with E-state index in [-0.39, 0.29) is 24.0 Å². The molecule has 1 aliphatic rings. The van der Waals surface area contributed by atoms with E-state index < -0.39 is 0 Å². The first-order chi connectivity index (χ1) is 15.8. The van der Waals surface area contributed by atoms with Gasteiger partial charge in [0, 0.05) is 51.6 Å². The number of guanidine groups is 1. The maximum absolute atomic E-state index is 6.06. The van der Waals surface area contributed by atoms with Gasteiger partial charge in [0.25, 0.3) is 0 Å². The van der Waals surface area contributed by atoms with Crippen molar-refractivity contribution in [3.63, 3.8) is 0 Å². The highest BCUT2D eigenvalue weighted by atomic mass is 127. The third kappa shape index (κ3) is 7.72. The highest BCUT2D eigenvalue weighted by Gasteiger charge is 2.14. The smallest absolute Gasteiger partial charge is 0.191 e. The molecule has 0 bridgehead atoms. The average Bonchev–Trinajstić information content (AvgIpc) is 3.26. The van der Waals surface area contributed by atoms with Crippen LogP contribution in [-0.4, -0.2) is 43.4 Å². The molecule has 0 amide bonds. The molecular formula is C26H35IN4O2. The van der Waals surface area contributed by atoms with Crippen molar-refractivity contribution in [2.24, 2.45) is 4.99 Å². The van der Waals surface area contributed by atoms with Gasteiger partial charge in [0.15, 0.2) is 5.96 Å². The summed E-state index contributed by atoms with van der Waals surface area (Å²) < 4.78 is 13.8. The van der Waals surface area contributed by atoms with Crippen molar-refractivity contribution in [2.75, 3.05) is 26.8 Å². The Kier molecular flexibility index (Phi) is 10.5. The number of hydrogen-bond acceptors (Lipinski definition) is 3. The van der Waals surface area contributed by atoms with Gasteiger partial charge in [-0.1, -0.05) is 42.5 Å². The zero-order valence-corrected chi connectivity index (χ0v) is 21.7. The Morgan fingerprint density at radius 3 is 2.73 bits per heavy atom. The van der Waals surface area contributed by atoms with Crippen LogP contribution in [0.25, 0.3) is 10.9 Å². The number of nitrogens with one attached hydrogen (secondary N) is 2. The van der Waals surface area contributed by atoms with E-state index >= 15 is 0 Å². The average molecular weight is 562 g/mol. The maximum Gasteiger partial charge on any atom is 0.191 e. The molecule has 1 aliphatic heterocycles. The third-order valence-electron chi connectivity index (χ3n) is 5.88. The molecule has 4 rings (SSSR count). The number of hydrogen-bond donors (Lipinski definition) is 2. The SMILES string of the molecule is CN=C(NCCCn1ccc2ccccc21)NCc1cccc(COC2CCOCC2)c1.I. The minimum absolute atomic E-state index is 0. The lowest BCUT2D eigenvalue weighted by Gasteiger charge is -2.22. The minimum Gasteiger partial charge on any atom is -0.381 e. The lowest BCUT2D eigenvalue weighted by molar-refractivity contribution is -0.0390. The molecule has 178 valence electrons. The number of benzene rings is 2. The molecule has 2 aromatic carbocycles. The molecule has 1 aromatic heterocycles. The van der Waals surface area contributed by atoms with Crippen LogP contribution in [0.3, 0.4) is 0 Å². The fraction of sp³-hybridized carbons (Fsp3) is 0.423. The second kappa shape index (κ2) is 13.6. The summed E-state index contributed by atoms with van der Waals surface area (Å²) in [5.74, 6) is 0.825. The van der Waals surface area contributed by atoms with Gasteiger partial charge in [0.2, 0.25) is 0 Å². The number of fused-ring (bicyclic) bond motifs is 1. The van der Waals surface area contributed by atoms with Crippen LogP contribution in [0.4, 0.5) is 0 Å². The number of para-hydroxylation sites is 1. The van der Waals surface area contributed by atoms with Crippen LogP contribution in [0.15, 0.2) is 65.8 Å². The molecule has 2 N–H and O–H groups in total. The molecule has 0 saturated carbocycles. The molecule has 3 aromatic rings. The molecule has 6 nitrogen and oxygen atoms in total. The van der Waals surface area contributed by atoms with Gasteiger partial charge < -0.3 is 24.7 Å². The quantitative estimate of drug-likeness (QED) is 0.172. The Balaban J connectivity index is 0.00000306. The molecule has 0 aliphatic carbocycles. The van der Waals surface area contributed by atoms with E-state index in [0.29, 0.717) is 12.7 Å². The molecule has 33 heavy (non-hydrogen) atoms. The van der Waals surface area contributed by atoms with Gasteiger partial charge in [0.05, 0.1) is 12.7 Å². The highest BCUT2D eigenvalue weighted by molar-refractivity contribution is 14.0. The van der Waals surface area contributed by atoms with E-state index in [1.165, 1.54) is 22.0 Å². The van der Waals surface area contributed by atoms with Crippen molar-refractivity contribution in [1.29, 1.82) is 0 Å². The van der Waals surface area contributed by atoms with Crippen LogP contribution in [0.5, 0.6) is 0 Å². The maximum atomic E-state index is 6.06. The van der Waals surface area contributed by atoms with Gasteiger partial charge in [-0.15, -0.1) is 24.0 Å². The second-order valence-electron chi connectivity index (χ2n) is 8.22. The van der Waals surface area contributed by atoms with Crippen LogP contribution < -0.4 is 10.6 Å². The van der Waals surface area contributed by atoms with Gasteiger partial charge in [0.1, 0.15) is 0 Å². The Labute approximate surface area is 213 Å². The third-order valence-corrected chi connectivity index (χ3v) is 5.88. The van der Waals surface area contributed by atoms with Crippen LogP contribution in [0, 0.1) is 0 Å². The molecule has 7 heteroatoms. The van der Waals surface area contributed by atoms with E-state index in [0.717, 1.165) is 58.1 Å². The van der Waals surface area contributed by atoms with Gasteiger partial charge >= 0.3 is 0 Å². The second-order valence-corrected chi connectivity index (χ2v) is 8.22. The first kappa shape index (κ1) is 25.5. The summed E-state index contributed by atoms with van der Waals surface area (Å²) in [6.07, 6.45) is 5.49. The number of rotatable bonds is 9. The topological polar surface area (TPSA) is 59.8 Å². The van der Waals surface area contributed by atoms with Gasteiger partial charge in [-0.25, -0.2) is 0 Å². The van der Waals surface area contributed by atoms with E-state index in [4.69, 9.17) is 9.47 Å². The summed E-state index contributed by atoms with van der Waals surface area (Å²) >= 11 is 0. The van der Waals surface area contributed by atoms with Crippen LogP contribution in [0.1, 0.15) is 30.4 Å². The van der Waals surface area contributed by atoms with Crippen molar-refractivity contribution in [1.82, 2.24) is 15.2 Å². The predicted octanol–water partition coefficient (Wildman–Crippen LogP) is 4.71. The Hall–Kier alpha value is -2.10. The predicted molar refractivity (Wildman–Crippen MR) is 145 cm³/mol. The zero-order chi connectivity index (χ0) is 22.0. The zero-order valence-electron chi connectivity index (χ0n) is 19.3. The standard InChI is InChI=1S/C26H34N4O2.HI/c1-27-26(28-13-5-14-30-15-10-23-8-2-3-9-25(23)30)29-19-21-6-4-7-22(18-21)20-32-24-11-16-31-17-12-24;/h2-4,6-10,15,18,24H,5,11-14,16-17,19-20H2,1H3,(H2,27,28,29);1H. The monoisotopic (exact) mass is 562 g/mol. The lowest BCUT2D eigenvalue weighted by Crippen LogP contribution is -2.37. The van der Waals surface area contributed by atoms with Crippen LogP contribution in [-0.2, 0) is 29.2 Å². The van der Waals surface area contributed by atoms with E-state index in [1.54, 1.807) is 0 Å². The number of aliphatic imine (C=N–C) groups is 1. The van der Waals surface area contributed by atoms with Crippen molar-refractivity contribution >= 4 is 40.8 Å². The number of aryl methyl sites for hydroxylation is 1. The van der Waals surface area contributed by atoms with Crippen molar-refractivity contribution in [2.45, 2.75) is 45.1 Å². The summed E-state index contributed by atoms with van der Waals surface area (Å²) in [4.78, 5) is 4.36. The van der Waals surface area contributed by atoms with Crippen molar-refractivity contribution < 1.29 is 9.47 Å². The van der Waals surface area contributed by atoms with Crippen LogP contribution in [0.2, 0.25) is 0 Å². The summed E-state index contributed by atoms with van der Waals surface area (Å²) in [6, 6.07) is 19.2. The summed E-state index contributed by atoms with van der Waals surface area (Å²) in [6.45, 7) is 4.84. The van der Waals surface area contributed by atoms with E-state index in [9.17, 15) is 0 Å². The summed E-state index contributed by atoms with van der Waals surface area (Å²) in [5.41, 5.74) is 3.72. The molecule has 1 saturated heterocycles. The molecule has 0 unspecified atom stereocenters. The lowest BCUT2D eigenvalue weighted by atomic mass is 10.1. The number of halogens is 1. The van der Waals surface area contributed by atoms with E-state index in [1.807, 2.05) is 7.05 Å². The minimum atomic E-state index is 0. The normalized spacial score (nSPS) is 14.8. The van der Waals surface area contributed by atoms with Crippen molar-refractivity contribution in [3.8, 4) is 0 Å². The molecule has 0 atom stereocenters. The first-order valence-corrected chi connectivity index (χ1v) is 11.6. The fourth-order valence-corrected chi connectivity index (χ4v) is 4.08. The Morgan fingerprint density at radius 2 is 1.88 bits per heavy atom. The highest BCUT2D eigenvalue weighted by Crippen LogP contribution is 2.16. The van der Waals surface area contributed by atoms with E-state index in [2.05, 4.69) is 81.0 Å². The van der Waals surface area contributed by atoms with Crippen molar-refractivity contribution in [3.05, 3.63) is 71.9 Å². The summed E-state index contributed by atoms with van der Waals surface area (Å²) in [5, 5.41) is 8.13. The Bertz CT molecular complexity index is 1010. The number of nitrogens with zero attached hydrogens (tertiary/aromatic N) is 2. The Morgan fingerprint density at radius 1 is 1.06 bits per heavy atom. The van der Waals surface area contributed by atoms with Gasteiger partial charge in [-0.05, 0) is 47.9 Å². The summed E-state index contributed by atoms with van der Waals surface area (Å²) in [7, 11) is 1.81. The molecule has 1 fully saturated rings. The molecule has 0 radical (unpaired) electrons. The number of ether oxygens (including phenoxy) is 2. The van der Waals surface area contributed by atoms with Gasteiger partial charge in [-0.3, -0.25) is 4.99 Å². The first-order valence-electron chi connectivity index (χ1n) is 11.6. The molecule has 2 heterocycles. The molecule has 0 spiro atoms. The van der Waals surface area contributed by atoms with Gasteiger partial charge in [-0.2, -0.15) is 0 Å². The fourth-order valence-electron chi connectivity index (χ4n) is 4.08. The van der Waals surface area contributed by atoms with Crippen LogP contribution >= 0.6 is 24.0 Å². The molecular weight excluding hydrogens is 527 g/mol.